The van der Waals surface area contributed by atoms with Crippen molar-refractivity contribution >= 4 is 35.1 Å². The number of methoxy groups -OCH3 is 1. The molecule has 1 unspecified atom stereocenters. The molecular formula is C35H36N6O6. The van der Waals surface area contributed by atoms with Crippen molar-refractivity contribution in [2.75, 3.05) is 43.5 Å². The summed E-state index contributed by atoms with van der Waals surface area (Å²) in [6, 6.07) is 18.3. The summed E-state index contributed by atoms with van der Waals surface area (Å²) in [7, 11) is 1.57. The van der Waals surface area contributed by atoms with Crippen LogP contribution in [0.25, 0.3) is 0 Å². The molecule has 0 spiro atoms. The monoisotopic (exact) mass is 636 g/mol. The summed E-state index contributed by atoms with van der Waals surface area (Å²) in [6.45, 7) is 2.13. The van der Waals surface area contributed by atoms with Crippen LogP contribution in [0.3, 0.4) is 0 Å². The standard InChI is InChI=1S/C35H36N6O6/c1-47-28-10-7-24(8-11-28)19-32(42)38-30-20-25(34(45)39-29(21-33(43)44)26-5-2-13-36-22-26)9-12-31(30)40-15-4-16-41(18-17-40)35(46)27-6-3-14-37-23-27/h2-3,5-14,20,22-23,29H,4,15-19,21H2,1H3,(H,38,42)(H,39,45)(H,43,44). The Morgan fingerprint density at radius 3 is 2.34 bits per heavy atom. The molecule has 3 heterocycles. The van der Waals surface area contributed by atoms with E-state index in [0.717, 1.165) is 5.56 Å². The molecule has 3 N–H and O–H groups in total. The summed E-state index contributed by atoms with van der Waals surface area (Å²) in [5.74, 6) is -1.26. The van der Waals surface area contributed by atoms with Crippen molar-refractivity contribution in [2.45, 2.75) is 25.3 Å². The molecule has 1 fully saturated rings. The van der Waals surface area contributed by atoms with Gasteiger partial charge in [-0.3, -0.25) is 29.1 Å². The van der Waals surface area contributed by atoms with Gasteiger partial charge in [0.05, 0.1) is 42.9 Å². The van der Waals surface area contributed by atoms with Gasteiger partial charge in [0.2, 0.25) is 5.91 Å². The number of nitrogens with one attached hydrogen (secondary N) is 2. The Morgan fingerprint density at radius 2 is 1.66 bits per heavy atom. The zero-order valence-corrected chi connectivity index (χ0v) is 26.0. The van der Waals surface area contributed by atoms with E-state index in [1.54, 1.807) is 85.2 Å². The first-order chi connectivity index (χ1) is 22.8. The molecule has 1 aliphatic rings. The predicted molar refractivity (Wildman–Crippen MR) is 175 cm³/mol. The van der Waals surface area contributed by atoms with E-state index < -0.39 is 17.9 Å². The second kappa shape index (κ2) is 15.5. The first kappa shape index (κ1) is 32.6. The zero-order valence-electron chi connectivity index (χ0n) is 26.0. The van der Waals surface area contributed by atoms with Crippen LogP contribution in [0.5, 0.6) is 5.75 Å². The average Bonchev–Trinajstić information content (AvgIpc) is 3.35. The lowest BCUT2D eigenvalue weighted by molar-refractivity contribution is -0.137. The predicted octanol–water partition coefficient (Wildman–Crippen LogP) is 3.96. The van der Waals surface area contributed by atoms with Crippen LogP contribution < -0.4 is 20.3 Å². The van der Waals surface area contributed by atoms with Gasteiger partial charge >= 0.3 is 5.97 Å². The third-order valence-electron chi connectivity index (χ3n) is 7.86. The van der Waals surface area contributed by atoms with Crippen molar-refractivity contribution in [1.29, 1.82) is 0 Å². The third kappa shape index (κ3) is 8.69. The molecule has 1 atom stereocenters. The summed E-state index contributed by atoms with van der Waals surface area (Å²) >= 11 is 0. The molecule has 12 heteroatoms. The Hall–Kier alpha value is -5.78. The third-order valence-corrected chi connectivity index (χ3v) is 7.86. The van der Waals surface area contributed by atoms with Crippen LogP contribution in [0, 0.1) is 0 Å². The quantitative estimate of drug-likeness (QED) is 0.222. The average molecular weight is 637 g/mol. The number of anilines is 2. The molecule has 47 heavy (non-hydrogen) atoms. The van der Waals surface area contributed by atoms with Crippen LogP contribution in [0.15, 0.2) is 91.5 Å². The first-order valence-corrected chi connectivity index (χ1v) is 15.2. The first-order valence-electron chi connectivity index (χ1n) is 15.2. The fraction of sp³-hybridized carbons (Fsp3) is 0.257. The second-order valence-corrected chi connectivity index (χ2v) is 11.1. The van der Waals surface area contributed by atoms with Crippen LogP contribution in [0.4, 0.5) is 11.4 Å². The van der Waals surface area contributed by atoms with Crippen molar-refractivity contribution in [3.63, 3.8) is 0 Å². The lowest BCUT2D eigenvalue weighted by Gasteiger charge is -2.27. The summed E-state index contributed by atoms with van der Waals surface area (Å²) in [5, 5.41) is 15.3. The number of pyridine rings is 2. The van der Waals surface area contributed by atoms with Gasteiger partial charge in [0, 0.05) is 56.5 Å². The number of aromatic nitrogens is 2. The summed E-state index contributed by atoms with van der Waals surface area (Å²) in [5.41, 5.74) is 3.24. The van der Waals surface area contributed by atoms with Crippen molar-refractivity contribution < 1.29 is 29.0 Å². The van der Waals surface area contributed by atoms with Gasteiger partial charge in [-0.05, 0) is 66.1 Å². The SMILES string of the molecule is COc1ccc(CC(=O)Nc2cc(C(=O)NC(CC(=O)O)c3cccnc3)ccc2N2CCCN(C(=O)c3cccnc3)CC2)cc1. The van der Waals surface area contributed by atoms with E-state index in [9.17, 15) is 24.3 Å². The van der Waals surface area contributed by atoms with Gasteiger partial charge in [0.1, 0.15) is 5.75 Å². The molecule has 1 aliphatic heterocycles. The molecular weight excluding hydrogens is 600 g/mol. The highest BCUT2D eigenvalue weighted by atomic mass is 16.5. The minimum atomic E-state index is -1.07. The van der Waals surface area contributed by atoms with Crippen LogP contribution in [-0.4, -0.2) is 77.0 Å². The van der Waals surface area contributed by atoms with Gasteiger partial charge in [-0.1, -0.05) is 18.2 Å². The molecule has 2 aromatic heterocycles. The Bertz CT molecular complexity index is 1700. The molecule has 1 saturated heterocycles. The number of rotatable bonds is 11. The highest BCUT2D eigenvalue weighted by Gasteiger charge is 2.24. The van der Waals surface area contributed by atoms with Crippen LogP contribution in [0.2, 0.25) is 0 Å². The highest BCUT2D eigenvalue weighted by molar-refractivity contribution is 6.01. The van der Waals surface area contributed by atoms with Crippen molar-refractivity contribution in [3.05, 3.63) is 114 Å². The number of benzene rings is 2. The second-order valence-electron chi connectivity index (χ2n) is 11.1. The number of ether oxygens (including phenoxy) is 1. The molecule has 12 nitrogen and oxygen atoms in total. The number of hydrogen-bond acceptors (Lipinski definition) is 8. The lowest BCUT2D eigenvalue weighted by atomic mass is 10.0. The minimum absolute atomic E-state index is 0.0922. The molecule has 4 aromatic rings. The van der Waals surface area contributed by atoms with Crippen LogP contribution in [-0.2, 0) is 16.0 Å². The molecule has 3 amide bonds. The summed E-state index contributed by atoms with van der Waals surface area (Å²) < 4.78 is 5.22. The number of carbonyl (C=O) groups is 4. The molecule has 242 valence electrons. The lowest BCUT2D eigenvalue weighted by Crippen LogP contribution is -2.35. The molecule has 0 radical (unpaired) electrons. The van der Waals surface area contributed by atoms with Crippen molar-refractivity contribution in [2.24, 2.45) is 0 Å². The molecule has 5 rings (SSSR count). The topological polar surface area (TPSA) is 154 Å². The number of aliphatic carboxylic acids is 1. The maximum absolute atomic E-state index is 13.5. The largest absolute Gasteiger partial charge is 0.497 e. The van der Waals surface area contributed by atoms with Gasteiger partial charge in [0.15, 0.2) is 0 Å². The van der Waals surface area contributed by atoms with Crippen molar-refractivity contribution in [3.8, 4) is 5.75 Å². The molecule has 2 aromatic carbocycles. The van der Waals surface area contributed by atoms with Gasteiger partial charge < -0.3 is 30.3 Å². The zero-order chi connectivity index (χ0) is 33.2. The van der Waals surface area contributed by atoms with E-state index in [0.29, 0.717) is 60.9 Å². The van der Waals surface area contributed by atoms with E-state index in [4.69, 9.17) is 4.74 Å². The van der Waals surface area contributed by atoms with E-state index in [1.165, 1.54) is 6.20 Å². The maximum atomic E-state index is 13.5. The number of nitrogens with zero attached hydrogens (tertiary/aromatic N) is 4. The van der Waals surface area contributed by atoms with E-state index in [-0.39, 0.29) is 30.2 Å². The van der Waals surface area contributed by atoms with E-state index in [2.05, 4.69) is 25.5 Å². The maximum Gasteiger partial charge on any atom is 0.305 e. The van der Waals surface area contributed by atoms with Crippen molar-refractivity contribution in [1.82, 2.24) is 20.2 Å². The molecule has 0 saturated carbocycles. The van der Waals surface area contributed by atoms with Gasteiger partial charge in [-0.25, -0.2) is 0 Å². The summed E-state index contributed by atoms with van der Waals surface area (Å²) in [4.78, 5) is 63.5. The van der Waals surface area contributed by atoms with Gasteiger partial charge in [-0.2, -0.15) is 0 Å². The van der Waals surface area contributed by atoms with Crippen LogP contribution >= 0.6 is 0 Å². The Balaban J connectivity index is 1.38. The van der Waals surface area contributed by atoms with Gasteiger partial charge in [-0.15, -0.1) is 0 Å². The van der Waals surface area contributed by atoms with E-state index in [1.807, 2.05) is 12.1 Å². The number of carbonyl (C=O) groups excluding carboxylic acids is 3. The Labute approximate surface area is 272 Å². The molecule has 0 bridgehead atoms. The molecule has 0 aliphatic carbocycles. The Morgan fingerprint density at radius 1 is 0.894 bits per heavy atom. The highest BCUT2D eigenvalue weighted by Crippen LogP contribution is 2.30. The Kier molecular flexibility index (Phi) is 10.7. The number of amides is 3. The normalized spacial score (nSPS) is 13.6. The fourth-order valence-corrected chi connectivity index (χ4v) is 5.46. The number of carboxylic acid groups (broad SMARTS) is 1. The number of hydrogen-bond donors (Lipinski definition) is 3. The van der Waals surface area contributed by atoms with Crippen LogP contribution in [0.1, 0.15) is 50.7 Å². The fourth-order valence-electron chi connectivity index (χ4n) is 5.46. The van der Waals surface area contributed by atoms with E-state index >= 15 is 0 Å². The smallest absolute Gasteiger partial charge is 0.305 e. The summed E-state index contributed by atoms with van der Waals surface area (Å²) in [6.07, 6.45) is 6.72. The van der Waals surface area contributed by atoms with Gasteiger partial charge in [0.25, 0.3) is 11.8 Å². The minimum Gasteiger partial charge on any atom is -0.497 e. The number of carboxylic acids is 1.